The third-order valence-corrected chi connectivity index (χ3v) is 4.03. The lowest BCUT2D eigenvalue weighted by Gasteiger charge is -2.31. The topological polar surface area (TPSA) is 64.6 Å². The van der Waals surface area contributed by atoms with E-state index in [0.717, 1.165) is 25.7 Å². The molecule has 1 amide bonds. The number of rotatable bonds is 6. The molecule has 1 N–H and O–H groups in total. The molecule has 5 heteroatoms. The van der Waals surface area contributed by atoms with E-state index in [4.69, 9.17) is 9.47 Å². The molecule has 0 aliphatic heterocycles. The Hall–Kier alpha value is -1.26. The van der Waals surface area contributed by atoms with E-state index in [2.05, 4.69) is 19.2 Å². The van der Waals surface area contributed by atoms with Gasteiger partial charge in [0.2, 0.25) is 0 Å². The van der Waals surface area contributed by atoms with E-state index in [1.807, 2.05) is 6.92 Å². The molecular weight excluding hydrogens is 270 g/mol. The van der Waals surface area contributed by atoms with Crippen molar-refractivity contribution >= 4 is 12.1 Å². The van der Waals surface area contributed by atoms with Gasteiger partial charge in [0.05, 0.1) is 7.11 Å². The Morgan fingerprint density at radius 1 is 1.19 bits per heavy atom. The molecule has 5 nitrogen and oxygen atoms in total. The van der Waals surface area contributed by atoms with Crippen LogP contribution in [0.15, 0.2) is 0 Å². The summed E-state index contributed by atoms with van der Waals surface area (Å²) in [5.74, 6) is 0.733. The maximum Gasteiger partial charge on any atom is 0.408 e. The monoisotopic (exact) mass is 299 g/mol. The van der Waals surface area contributed by atoms with E-state index in [1.54, 1.807) is 0 Å². The molecule has 1 rings (SSSR count). The van der Waals surface area contributed by atoms with Crippen molar-refractivity contribution in [3.05, 3.63) is 0 Å². The van der Waals surface area contributed by atoms with Crippen LogP contribution in [0, 0.1) is 11.8 Å². The van der Waals surface area contributed by atoms with E-state index in [-0.39, 0.29) is 6.10 Å². The number of hydrogen-bond donors (Lipinski definition) is 1. The third kappa shape index (κ3) is 6.36. The highest BCUT2D eigenvalue weighted by Gasteiger charge is 2.28. The van der Waals surface area contributed by atoms with Crippen molar-refractivity contribution in [2.45, 2.75) is 71.4 Å². The smallest absolute Gasteiger partial charge is 0.408 e. The van der Waals surface area contributed by atoms with Gasteiger partial charge in [-0.3, -0.25) is 0 Å². The molecule has 0 spiro atoms. The summed E-state index contributed by atoms with van der Waals surface area (Å²) < 4.78 is 10.2. The van der Waals surface area contributed by atoms with Crippen LogP contribution in [-0.2, 0) is 14.3 Å². The fraction of sp³-hybridized carbons (Fsp3) is 0.875. The van der Waals surface area contributed by atoms with Crippen LogP contribution in [0.25, 0.3) is 0 Å². The van der Waals surface area contributed by atoms with Gasteiger partial charge in [0, 0.05) is 0 Å². The van der Waals surface area contributed by atoms with Gasteiger partial charge in [-0.15, -0.1) is 0 Å². The molecule has 1 fully saturated rings. The van der Waals surface area contributed by atoms with Gasteiger partial charge in [-0.1, -0.05) is 33.6 Å². The van der Waals surface area contributed by atoms with Gasteiger partial charge in [0.15, 0.2) is 0 Å². The molecule has 21 heavy (non-hydrogen) atoms. The van der Waals surface area contributed by atoms with Crippen LogP contribution in [0.1, 0.15) is 59.3 Å². The summed E-state index contributed by atoms with van der Waals surface area (Å²) in [4.78, 5) is 23.6. The molecule has 0 aromatic rings. The van der Waals surface area contributed by atoms with Crippen molar-refractivity contribution in [3.63, 3.8) is 0 Å². The number of esters is 1. The van der Waals surface area contributed by atoms with E-state index in [1.165, 1.54) is 13.5 Å². The quantitative estimate of drug-likeness (QED) is 0.764. The van der Waals surface area contributed by atoms with Crippen molar-refractivity contribution < 1.29 is 19.1 Å². The number of alkyl carbamates (subject to hydrolysis) is 1. The largest absolute Gasteiger partial charge is 0.467 e. The zero-order valence-electron chi connectivity index (χ0n) is 13.7. The van der Waals surface area contributed by atoms with Crippen LogP contribution in [0.2, 0.25) is 0 Å². The minimum Gasteiger partial charge on any atom is -0.467 e. The predicted octanol–water partition coefficient (Wildman–Crippen LogP) is 3.27. The van der Waals surface area contributed by atoms with Gasteiger partial charge >= 0.3 is 12.1 Å². The number of nitrogens with one attached hydrogen (secondary N) is 1. The zero-order valence-corrected chi connectivity index (χ0v) is 13.7. The molecule has 0 heterocycles. The molecule has 0 aromatic heterocycles. The van der Waals surface area contributed by atoms with E-state index in [9.17, 15) is 9.59 Å². The van der Waals surface area contributed by atoms with Gasteiger partial charge in [-0.25, -0.2) is 9.59 Å². The number of ether oxygens (including phenoxy) is 2. The molecule has 1 aliphatic carbocycles. The lowest BCUT2D eigenvalue weighted by molar-refractivity contribution is -0.143. The first kappa shape index (κ1) is 17.8. The predicted molar refractivity (Wildman–Crippen MR) is 80.9 cm³/mol. The summed E-state index contributed by atoms with van der Waals surface area (Å²) >= 11 is 0. The maximum atomic E-state index is 12.0. The van der Waals surface area contributed by atoms with E-state index < -0.39 is 18.1 Å². The summed E-state index contributed by atoms with van der Waals surface area (Å²) in [6, 6.07) is -0.610. The number of amides is 1. The molecular formula is C16H29NO4. The molecule has 122 valence electrons. The van der Waals surface area contributed by atoms with Gasteiger partial charge in [0.25, 0.3) is 0 Å². The molecule has 0 saturated heterocycles. The lowest BCUT2D eigenvalue weighted by Crippen LogP contribution is -2.43. The second kappa shape index (κ2) is 8.90. The fourth-order valence-electron chi connectivity index (χ4n) is 3.10. The molecule has 3 atom stereocenters. The Balaban J connectivity index is 2.47. The van der Waals surface area contributed by atoms with Gasteiger partial charge in [0.1, 0.15) is 12.1 Å². The second-order valence-corrected chi connectivity index (χ2v) is 6.31. The van der Waals surface area contributed by atoms with E-state index in [0.29, 0.717) is 18.3 Å². The number of methoxy groups -OCH3 is 1. The molecule has 0 radical (unpaired) electrons. The van der Waals surface area contributed by atoms with Crippen molar-refractivity contribution in [2.24, 2.45) is 11.8 Å². The second-order valence-electron chi connectivity index (χ2n) is 6.31. The summed E-state index contributed by atoms with van der Waals surface area (Å²) in [6.45, 7) is 6.41. The van der Waals surface area contributed by atoms with Crippen LogP contribution >= 0.6 is 0 Å². The van der Waals surface area contributed by atoms with Crippen LogP contribution in [0.4, 0.5) is 4.79 Å². The first-order valence-corrected chi connectivity index (χ1v) is 8.01. The molecule has 1 saturated carbocycles. The van der Waals surface area contributed by atoms with Crippen molar-refractivity contribution in [3.8, 4) is 0 Å². The minimum absolute atomic E-state index is 0.0479. The lowest BCUT2D eigenvalue weighted by atomic mass is 9.82. The van der Waals surface area contributed by atoms with Gasteiger partial charge < -0.3 is 14.8 Å². The zero-order chi connectivity index (χ0) is 15.8. The third-order valence-electron chi connectivity index (χ3n) is 4.03. The average Bonchev–Trinajstić information content (AvgIpc) is 2.41. The number of carbonyl (C=O) groups excluding carboxylic acids is 2. The summed E-state index contributed by atoms with van der Waals surface area (Å²) in [6.07, 6.45) is 4.82. The first-order chi connectivity index (χ1) is 9.96. The molecule has 0 aromatic carbocycles. The average molecular weight is 299 g/mol. The Morgan fingerprint density at radius 3 is 2.33 bits per heavy atom. The molecule has 0 bridgehead atoms. The highest BCUT2D eigenvalue weighted by Crippen LogP contribution is 2.30. The summed E-state index contributed by atoms with van der Waals surface area (Å²) in [5, 5.41) is 2.64. The van der Waals surface area contributed by atoms with Crippen molar-refractivity contribution in [1.29, 1.82) is 0 Å². The summed E-state index contributed by atoms with van der Waals surface area (Å²) in [5.41, 5.74) is 0. The number of carbonyl (C=O) groups is 2. The number of unbranched alkanes of at least 4 members (excludes halogenated alkanes) is 1. The fourth-order valence-corrected chi connectivity index (χ4v) is 3.10. The van der Waals surface area contributed by atoms with Gasteiger partial charge in [-0.05, 0) is 37.5 Å². The Labute approximate surface area is 127 Å². The van der Waals surface area contributed by atoms with Crippen LogP contribution in [0.5, 0.6) is 0 Å². The SMILES string of the molecule is CCCCC(NC(=O)OC1CC(C)CC(C)C1)C(=O)OC. The van der Waals surface area contributed by atoms with Crippen LogP contribution in [0.3, 0.4) is 0 Å². The Bertz CT molecular complexity index is 335. The Morgan fingerprint density at radius 2 is 1.81 bits per heavy atom. The highest BCUT2D eigenvalue weighted by atomic mass is 16.6. The molecule has 1 aliphatic rings. The van der Waals surface area contributed by atoms with Crippen LogP contribution in [-0.4, -0.2) is 31.3 Å². The highest BCUT2D eigenvalue weighted by molar-refractivity contribution is 5.81. The summed E-state index contributed by atoms with van der Waals surface area (Å²) in [7, 11) is 1.33. The van der Waals surface area contributed by atoms with Gasteiger partial charge in [-0.2, -0.15) is 0 Å². The molecule has 3 unspecified atom stereocenters. The van der Waals surface area contributed by atoms with E-state index >= 15 is 0 Å². The van der Waals surface area contributed by atoms with Crippen molar-refractivity contribution in [2.75, 3.05) is 7.11 Å². The Kier molecular flexibility index (Phi) is 7.54. The first-order valence-electron chi connectivity index (χ1n) is 8.01. The van der Waals surface area contributed by atoms with Crippen LogP contribution < -0.4 is 5.32 Å². The normalized spacial score (nSPS) is 26.8. The standard InChI is InChI=1S/C16H29NO4/c1-5-6-7-14(15(18)20-4)17-16(19)21-13-9-11(2)8-12(3)10-13/h11-14H,5-10H2,1-4H3,(H,17,19). The maximum absolute atomic E-state index is 12.0. The minimum atomic E-state index is -0.610. The number of hydrogen-bond acceptors (Lipinski definition) is 4. The van der Waals surface area contributed by atoms with Crippen molar-refractivity contribution in [1.82, 2.24) is 5.32 Å².